The van der Waals surface area contributed by atoms with Crippen molar-refractivity contribution in [2.45, 2.75) is 19.4 Å². The molecule has 106 valence electrons. The Kier molecular flexibility index (Phi) is 4.03. The SMILES string of the molecule is COC(=O)[C@H]1CCCN(Cc2csc3ccccc23)C1. The summed E-state index contributed by atoms with van der Waals surface area (Å²) in [6, 6.07) is 8.52. The predicted octanol–water partition coefficient (Wildman–Crippen LogP) is 3.29. The number of carbonyl (C=O) groups is 1. The lowest BCUT2D eigenvalue weighted by atomic mass is 9.98. The maximum Gasteiger partial charge on any atom is 0.309 e. The van der Waals surface area contributed by atoms with Crippen molar-refractivity contribution >= 4 is 27.4 Å². The summed E-state index contributed by atoms with van der Waals surface area (Å²) >= 11 is 1.80. The lowest BCUT2D eigenvalue weighted by Crippen LogP contribution is -2.38. The van der Waals surface area contributed by atoms with Crippen molar-refractivity contribution in [1.29, 1.82) is 0 Å². The summed E-state index contributed by atoms with van der Waals surface area (Å²) in [4.78, 5) is 14.1. The summed E-state index contributed by atoms with van der Waals surface area (Å²) in [5, 5.41) is 3.59. The smallest absolute Gasteiger partial charge is 0.309 e. The van der Waals surface area contributed by atoms with Gasteiger partial charge < -0.3 is 4.74 Å². The number of piperidine rings is 1. The highest BCUT2D eigenvalue weighted by Gasteiger charge is 2.26. The molecular formula is C16H19NO2S. The molecule has 1 aliphatic heterocycles. The van der Waals surface area contributed by atoms with Crippen LogP contribution in [0.25, 0.3) is 10.1 Å². The number of hydrogen-bond donors (Lipinski definition) is 0. The van der Waals surface area contributed by atoms with Crippen LogP contribution in [0.5, 0.6) is 0 Å². The van der Waals surface area contributed by atoms with E-state index in [1.165, 1.54) is 22.8 Å². The summed E-state index contributed by atoms with van der Waals surface area (Å²) in [6.07, 6.45) is 2.02. The standard InChI is InChI=1S/C16H19NO2S/c1-19-16(18)12-5-4-8-17(9-12)10-13-11-20-15-7-3-2-6-14(13)15/h2-3,6-7,11-12H,4-5,8-10H2,1H3/t12-/m0/s1. The van der Waals surface area contributed by atoms with E-state index in [1.54, 1.807) is 11.3 Å². The van der Waals surface area contributed by atoms with Crippen molar-refractivity contribution in [2.75, 3.05) is 20.2 Å². The summed E-state index contributed by atoms with van der Waals surface area (Å²) in [5.74, 6) is -0.0245. The van der Waals surface area contributed by atoms with E-state index in [9.17, 15) is 4.79 Å². The molecule has 1 aromatic carbocycles. The fraction of sp³-hybridized carbons (Fsp3) is 0.438. The van der Waals surface area contributed by atoms with Gasteiger partial charge in [-0.05, 0) is 41.8 Å². The summed E-state index contributed by atoms with van der Waals surface area (Å²) < 4.78 is 6.22. The zero-order valence-electron chi connectivity index (χ0n) is 11.7. The van der Waals surface area contributed by atoms with Crippen LogP contribution in [-0.4, -0.2) is 31.1 Å². The molecule has 2 aromatic rings. The minimum Gasteiger partial charge on any atom is -0.469 e. The molecule has 2 heterocycles. The highest BCUT2D eigenvalue weighted by Crippen LogP contribution is 2.28. The van der Waals surface area contributed by atoms with Gasteiger partial charge in [0.2, 0.25) is 0 Å². The van der Waals surface area contributed by atoms with Gasteiger partial charge >= 0.3 is 5.97 Å². The van der Waals surface area contributed by atoms with Gasteiger partial charge in [0, 0.05) is 17.8 Å². The number of hydrogen-bond acceptors (Lipinski definition) is 4. The molecule has 20 heavy (non-hydrogen) atoms. The Balaban J connectivity index is 1.72. The Labute approximate surface area is 123 Å². The Bertz CT molecular complexity index is 607. The second-order valence-electron chi connectivity index (χ2n) is 5.35. The number of fused-ring (bicyclic) bond motifs is 1. The number of likely N-dealkylation sites (tertiary alicyclic amines) is 1. The fourth-order valence-corrected chi connectivity index (χ4v) is 3.91. The average Bonchev–Trinajstić information content (AvgIpc) is 2.90. The van der Waals surface area contributed by atoms with Crippen LogP contribution in [0.3, 0.4) is 0 Å². The first-order valence-electron chi connectivity index (χ1n) is 7.03. The van der Waals surface area contributed by atoms with E-state index in [4.69, 9.17) is 4.74 Å². The lowest BCUT2D eigenvalue weighted by Gasteiger charge is -2.31. The Hall–Kier alpha value is -1.39. The number of methoxy groups -OCH3 is 1. The molecule has 0 radical (unpaired) electrons. The quantitative estimate of drug-likeness (QED) is 0.812. The first-order valence-corrected chi connectivity index (χ1v) is 7.91. The van der Waals surface area contributed by atoms with Gasteiger partial charge in [-0.3, -0.25) is 9.69 Å². The van der Waals surface area contributed by atoms with Gasteiger partial charge in [0.25, 0.3) is 0 Å². The van der Waals surface area contributed by atoms with Gasteiger partial charge in [0.1, 0.15) is 0 Å². The predicted molar refractivity (Wildman–Crippen MR) is 81.8 cm³/mol. The van der Waals surface area contributed by atoms with E-state index in [2.05, 4.69) is 34.5 Å². The van der Waals surface area contributed by atoms with Crippen LogP contribution in [0.1, 0.15) is 18.4 Å². The van der Waals surface area contributed by atoms with E-state index >= 15 is 0 Å². The molecule has 1 atom stereocenters. The number of benzene rings is 1. The maximum atomic E-state index is 11.7. The largest absolute Gasteiger partial charge is 0.469 e. The molecule has 1 aliphatic rings. The Morgan fingerprint density at radius 1 is 1.45 bits per heavy atom. The van der Waals surface area contributed by atoms with Crippen molar-refractivity contribution in [2.24, 2.45) is 5.92 Å². The van der Waals surface area contributed by atoms with Gasteiger partial charge in [-0.2, -0.15) is 0 Å². The minimum atomic E-state index is -0.0649. The zero-order valence-corrected chi connectivity index (χ0v) is 12.5. The molecule has 1 aromatic heterocycles. The molecule has 0 saturated carbocycles. The molecule has 0 bridgehead atoms. The van der Waals surface area contributed by atoms with Crippen LogP contribution < -0.4 is 0 Å². The van der Waals surface area contributed by atoms with Crippen LogP contribution in [0.2, 0.25) is 0 Å². The Morgan fingerprint density at radius 3 is 3.15 bits per heavy atom. The third-order valence-corrected chi connectivity index (χ3v) is 5.01. The summed E-state index contributed by atoms with van der Waals surface area (Å²) in [7, 11) is 1.48. The van der Waals surface area contributed by atoms with Crippen molar-refractivity contribution in [3.8, 4) is 0 Å². The van der Waals surface area contributed by atoms with Crippen LogP contribution in [0.15, 0.2) is 29.6 Å². The van der Waals surface area contributed by atoms with Crippen molar-refractivity contribution in [3.63, 3.8) is 0 Å². The number of rotatable bonds is 3. The molecule has 0 N–H and O–H groups in total. The second kappa shape index (κ2) is 5.94. The van der Waals surface area contributed by atoms with Crippen LogP contribution in [-0.2, 0) is 16.1 Å². The highest BCUT2D eigenvalue weighted by atomic mass is 32.1. The van der Waals surface area contributed by atoms with Crippen molar-refractivity contribution in [1.82, 2.24) is 4.90 Å². The second-order valence-corrected chi connectivity index (χ2v) is 6.27. The van der Waals surface area contributed by atoms with E-state index < -0.39 is 0 Å². The van der Waals surface area contributed by atoms with E-state index in [0.717, 1.165) is 32.5 Å². The number of ether oxygens (including phenoxy) is 1. The first-order chi connectivity index (χ1) is 9.78. The number of nitrogens with zero attached hydrogens (tertiary/aromatic N) is 1. The first kappa shape index (κ1) is 13.6. The lowest BCUT2D eigenvalue weighted by molar-refractivity contribution is -0.147. The molecule has 0 aliphatic carbocycles. The van der Waals surface area contributed by atoms with Crippen LogP contribution in [0.4, 0.5) is 0 Å². The van der Waals surface area contributed by atoms with E-state index in [1.807, 2.05) is 0 Å². The number of esters is 1. The third kappa shape index (κ3) is 2.72. The molecule has 3 nitrogen and oxygen atoms in total. The van der Waals surface area contributed by atoms with Crippen LogP contribution >= 0.6 is 11.3 Å². The van der Waals surface area contributed by atoms with Gasteiger partial charge in [-0.15, -0.1) is 11.3 Å². The molecule has 1 saturated heterocycles. The molecule has 0 amide bonds. The average molecular weight is 289 g/mol. The summed E-state index contributed by atoms with van der Waals surface area (Å²) in [5.41, 5.74) is 1.37. The number of thiophene rings is 1. The molecule has 1 fully saturated rings. The molecule has 3 rings (SSSR count). The van der Waals surface area contributed by atoms with E-state index in [-0.39, 0.29) is 11.9 Å². The Morgan fingerprint density at radius 2 is 2.30 bits per heavy atom. The normalized spacial score (nSPS) is 20.1. The van der Waals surface area contributed by atoms with Crippen molar-refractivity contribution < 1.29 is 9.53 Å². The van der Waals surface area contributed by atoms with Gasteiger partial charge in [-0.25, -0.2) is 0 Å². The van der Waals surface area contributed by atoms with Gasteiger partial charge in [0.05, 0.1) is 13.0 Å². The molecule has 4 heteroatoms. The molecule has 0 spiro atoms. The zero-order chi connectivity index (χ0) is 13.9. The monoisotopic (exact) mass is 289 g/mol. The maximum absolute atomic E-state index is 11.7. The third-order valence-electron chi connectivity index (χ3n) is 4.00. The number of carbonyl (C=O) groups excluding carboxylic acids is 1. The minimum absolute atomic E-state index is 0.0404. The summed E-state index contributed by atoms with van der Waals surface area (Å²) in [6.45, 7) is 2.81. The van der Waals surface area contributed by atoms with Crippen LogP contribution in [0, 0.1) is 5.92 Å². The molecule has 0 unspecified atom stereocenters. The van der Waals surface area contributed by atoms with E-state index in [0.29, 0.717) is 0 Å². The highest BCUT2D eigenvalue weighted by molar-refractivity contribution is 7.17. The van der Waals surface area contributed by atoms with Crippen molar-refractivity contribution in [3.05, 3.63) is 35.2 Å². The fourth-order valence-electron chi connectivity index (χ4n) is 2.95. The van der Waals surface area contributed by atoms with Gasteiger partial charge in [-0.1, -0.05) is 18.2 Å². The van der Waals surface area contributed by atoms with Gasteiger partial charge in [0.15, 0.2) is 0 Å². The molecular weight excluding hydrogens is 270 g/mol. The topological polar surface area (TPSA) is 29.5 Å².